The fourth-order valence-electron chi connectivity index (χ4n) is 5.38. The Bertz CT molecular complexity index is 1650. The van der Waals surface area contributed by atoms with E-state index in [9.17, 15) is 9.32 Å². The van der Waals surface area contributed by atoms with Crippen molar-refractivity contribution >= 4 is 26.4 Å². The number of nitrogens with one attached hydrogen (secondary N) is 1. The minimum absolute atomic E-state index is 0.219. The summed E-state index contributed by atoms with van der Waals surface area (Å²) in [6.07, 6.45) is -1.77. The molecule has 208 valence electrons. The van der Waals surface area contributed by atoms with Crippen LogP contribution in [0.3, 0.4) is 0 Å². The van der Waals surface area contributed by atoms with Crippen LogP contribution in [-0.2, 0) is 23.9 Å². The number of rotatable bonds is 5. The fourth-order valence-corrected chi connectivity index (χ4v) is 7.03. The molecule has 2 aromatic heterocycles. The van der Waals surface area contributed by atoms with Crippen molar-refractivity contribution in [2.75, 3.05) is 37.9 Å². The van der Waals surface area contributed by atoms with Gasteiger partial charge in [-0.05, 0) is 23.3 Å². The van der Waals surface area contributed by atoms with Gasteiger partial charge in [0, 0.05) is 17.7 Å². The van der Waals surface area contributed by atoms with E-state index in [1.165, 1.54) is 6.07 Å². The summed E-state index contributed by atoms with van der Waals surface area (Å²) >= 11 is 0. The SMILES string of the molecule is O=S1(=Nc2ccc(-c3ccc(-c4nc5cc(O[C@@H]6CO[C@H]7[C@@H]6OC[C@H]7O)[nH]c5cc4F)cc3)cc2)CCOCC1. The number of fused-ring (bicyclic) bond motifs is 2. The van der Waals surface area contributed by atoms with Crippen LogP contribution in [0.4, 0.5) is 10.1 Å². The molecule has 0 saturated carbocycles. The van der Waals surface area contributed by atoms with Crippen molar-refractivity contribution in [2.24, 2.45) is 4.36 Å². The summed E-state index contributed by atoms with van der Waals surface area (Å²) in [7, 11) is -2.26. The number of nitrogens with zero attached hydrogens (tertiary/aromatic N) is 2. The predicted molar refractivity (Wildman–Crippen MR) is 148 cm³/mol. The molecule has 0 spiro atoms. The lowest BCUT2D eigenvalue weighted by Crippen LogP contribution is -2.34. The third-order valence-corrected chi connectivity index (χ3v) is 9.67. The molecule has 3 aliphatic rings. The van der Waals surface area contributed by atoms with Crippen LogP contribution < -0.4 is 4.74 Å². The fraction of sp³-hybridized carbons (Fsp3) is 0.345. The van der Waals surface area contributed by atoms with E-state index in [4.69, 9.17) is 18.9 Å². The van der Waals surface area contributed by atoms with Gasteiger partial charge < -0.3 is 29.0 Å². The van der Waals surface area contributed by atoms with Crippen molar-refractivity contribution in [3.05, 3.63) is 66.5 Å². The molecule has 0 unspecified atom stereocenters. The summed E-state index contributed by atoms with van der Waals surface area (Å²) in [5, 5.41) is 9.94. The average molecular weight is 566 g/mol. The zero-order valence-electron chi connectivity index (χ0n) is 21.5. The molecular formula is C29H28FN3O6S. The second-order valence-electron chi connectivity index (χ2n) is 10.2. The molecule has 7 rings (SSSR count). The number of halogens is 1. The maximum absolute atomic E-state index is 15.1. The second-order valence-corrected chi connectivity index (χ2v) is 12.8. The Morgan fingerprint density at radius 1 is 0.950 bits per heavy atom. The molecule has 0 aliphatic carbocycles. The van der Waals surface area contributed by atoms with Crippen LogP contribution in [0.25, 0.3) is 33.4 Å². The monoisotopic (exact) mass is 565 g/mol. The zero-order valence-corrected chi connectivity index (χ0v) is 22.3. The summed E-state index contributed by atoms with van der Waals surface area (Å²) < 4.78 is 55.0. The maximum atomic E-state index is 15.1. The summed E-state index contributed by atoms with van der Waals surface area (Å²) in [6, 6.07) is 18.3. The number of benzene rings is 2. The summed E-state index contributed by atoms with van der Waals surface area (Å²) in [4.78, 5) is 7.62. The van der Waals surface area contributed by atoms with E-state index < -0.39 is 27.8 Å². The zero-order chi connectivity index (χ0) is 27.3. The highest BCUT2D eigenvalue weighted by molar-refractivity contribution is 7.93. The van der Waals surface area contributed by atoms with Gasteiger partial charge >= 0.3 is 0 Å². The van der Waals surface area contributed by atoms with Gasteiger partial charge in [0.1, 0.15) is 24.0 Å². The first kappa shape index (κ1) is 25.6. The van der Waals surface area contributed by atoms with Crippen molar-refractivity contribution in [1.82, 2.24) is 9.97 Å². The largest absolute Gasteiger partial charge is 0.470 e. The number of aromatic nitrogens is 2. The highest BCUT2D eigenvalue weighted by Crippen LogP contribution is 2.33. The molecule has 40 heavy (non-hydrogen) atoms. The molecule has 0 bridgehead atoms. The number of aliphatic hydroxyl groups is 1. The first-order valence-corrected chi connectivity index (χ1v) is 15.1. The van der Waals surface area contributed by atoms with Crippen LogP contribution in [0.15, 0.2) is 65.0 Å². The lowest BCUT2D eigenvalue weighted by atomic mass is 10.0. The quantitative estimate of drug-likeness (QED) is 0.375. The van der Waals surface area contributed by atoms with Crippen molar-refractivity contribution < 1.29 is 32.7 Å². The van der Waals surface area contributed by atoms with Crippen LogP contribution in [0.1, 0.15) is 0 Å². The summed E-state index contributed by atoms with van der Waals surface area (Å²) in [5.41, 5.74) is 4.60. The van der Waals surface area contributed by atoms with Gasteiger partial charge in [0.2, 0.25) is 0 Å². The lowest BCUT2D eigenvalue weighted by Gasteiger charge is -2.16. The van der Waals surface area contributed by atoms with E-state index in [-0.39, 0.29) is 24.5 Å². The Morgan fingerprint density at radius 3 is 2.38 bits per heavy atom. The molecule has 11 heteroatoms. The van der Waals surface area contributed by atoms with Gasteiger partial charge in [-0.1, -0.05) is 36.4 Å². The lowest BCUT2D eigenvalue weighted by molar-refractivity contribution is 0.00794. The van der Waals surface area contributed by atoms with Gasteiger partial charge in [0.25, 0.3) is 0 Å². The Labute approximate surface area is 230 Å². The molecule has 9 nitrogen and oxygen atoms in total. The van der Waals surface area contributed by atoms with Gasteiger partial charge in [0.05, 0.1) is 64.4 Å². The van der Waals surface area contributed by atoms with Crippen LogP contribution in [-0.4, -0.2) is 81.6 Å². The summed E-state index contributed by atoms with van der Waals surface area (Å²) in [6.45, 7) is 1.48. The van der Waals surface area contributed by atoms with Crippen molar-refractivity contribution in [1.29, 1.82) is 0 Å². The predicted octanol–water partition coefficient (Wildman–Crippen LogP) is 4.07. The smallest absolute Gasteiger partial charge is 0.193 e. The van der Waals surface area contributed by atoms with Gasteiger partial charge in [-0.2, -0.15) is 4.36 Å². The average Bonchev–Trinajstić information content (AvgIpc) is 3.65. The molecule has 5 heterocycles. The van der Waals surface area contributed by atoms with Gasteiger partial charge in [-0.15, -0.1) is 0 Å². The standard InChI is InChI=1S/C29H28FN3O6S/c30-21-13-22-23(14-26(31-22)39-25-16-38-28-24(34)15-37-29(25)28)32-27(21)19-3-1-17(2-4-19)18-5-7-20(8-6-18)33-40(35)11-9-36-10-12-40/h1-8,13-14,24-25,28-29,31,34H,9-12,15-16H2/t24-,25-,28-,29-/m1/s1. The van der Waals surface area contributed by atoms with Crippen molar-refractivity contribution in [3.63, 3.8) is 0 Å². The molecule has 4 aromatic rings. The van der Waals surface area contributed by atoms with E-state index in [0.29, 0.717) is 59.5 Å². The highest BCUT2D eigenvalue weighted by Gasteiger charge is 2.48. The molecule has 3 fully saturated rings. The Balaban J connectivity index is 1.08. The Hall–Kier alpha value is -3.35. The third kappa shape index (κ3) is 4.88. The Morgan fingerprint density at radius 2 is 1.62 bits per heavy atom. The molecule has 2 aromatic carbocycles. The molecule has 0 radical (unpaired) electrons. The molecule has 2 N–H and O–H groups in total. The molecule has 4 atom stereocenters. The number of H-pyrrole nitrogens is 1. The minimum atomic E-state index is -2.26. The molecule has 3 aliphatic heterocycles. The van der Waals surface area contributed by atoms with E-state index >= 15 is 4.39 Å². The normalized spacial score (nSPS) is 25.6. The number of aromatic amines is 1. The number of ether oxygens (including phenoxy) is 4. The second kappa shape index (κ2) is 10.2. The number of aliphatic hydroxyl groups excluding tert-OH is 1. The van der Waals surface area contributed by atoms with Crippen molar-refractivity contribution in [2.45, 2.75) is 24.4 Å². The first-order chi connectivity index (χ1) is 19.4. The number of hydrogen-bond donors (Lipinski definition) is 2. The van der Waals surface area contributed by atoms with E-state index in [1.54, 1.807) is 6.07 Å². The molecule has 3 saturated heterocycles. The number of pyridine rings is 1. The topological polar surface area (TPSA) is 115 Å². The number of hydrogen-bond acceptors (Lipinski definition) is 8. The first-order valence-electron chi connectivity index (χ1n) is 13.2. The maximum Gasteiger partial charge on any atom is 0.193 e. The van der Waals surface area contributed by atoms with Gasteiger partial charge in [-0.3, -0.25) is 0 Å². The van der Waals surface area contributed by atoms with Crippen LogP contribution >= 0.6 is 0 Å². The van der Waals surface area contributed by atoms with Crippen LogP contribution in [0, 0.1) is 5.82 Å². The Kier molecular flexibility index (Phi) is 6.56. The summed E-state index contributed by atoms with van der Waals surface area (Å²) in [5.74, 6) is 0.901. The van der Waals surface area contributed by atoms with E-state index in [0.717, 1.165) is 11.1 Å². The minimum Gasteiger partial charge on any atom is -0.470 e. The molecular weight excluding hydrogens is 537 g/mol. The molecule has 0 amide bonds. The van der Waals surface area contributed by atoms with Crippen LogP contribution in [0.2, 0.25) is 0 Å². The van der Waals surface area contributed by atoms with E-state index in [2.05, 4.69) is 14.3 Å². The highest BCUT2D eigenvalue weighted by atomic mass is 32.2. The van der Waals surface area contributed by atoms with Gasteiger partial charge in [-0.25, -0.2) is 13.6 Å². The van der Waals surface area contributed by atoms with E-state index in [1.807, 2.05) is 48.5 Å². The van der Waals surface area contributed by atoms with Gasteiger partial charge in [0.15, 0.2) is 17.8 Å². The van der Waals surface area contributed by atoms with Crippen LogP contribution in [0.5, 0.6) is 5.88 Å². The third-order valence-electron chi connectivity index (χ3n) is 7.52. The van der Waals surface area contributed by atoms with Crippen molar-refractivity contribution in [3.8, 4) is 28.3 Å².